The summed E-state index contributed by atoms with van der Waals surface area (Å²) >= 11 is 0. The number of ether oxygens (including phenoxy) is 1. The predicted octanol–water partition coefficient (Wildman–Crippen LogP) is 5.60. The van der Waals surface area contributed by atoms with Crippen LogP contribution in [0.5, 0.6) is 0 Å². The first-order valence-corrected chi connectivity index (χ1v) is 12.1. The molecule has 2 aromatic carbocycles. The first kappa shape index (κ1) is 24.0. The van der Waals surface area contributed by atoms with Crippen molar-refractivity contribution in [3.8, 4) is 0 Å². The number of esters is 1. The fourth-order valence-electron chi connectivity index (χ4n) is 4.74. The molecule has 178 valence electrons. The van der Waals surface area contributed by atoms with Crippen LogP contribution in [0.1, 0.15) is 64.9 Å². The number of nitrogens with zero attached hydrogens (tertiary/aromatic N) is 1. The van der Waals surface area contributed by atoms with Crippen LogP contribution in [0.2, 0.25) is 0 Å². The number of benzene rings is 2. The highest BCUT2D eigenvalue weighted by Crippen LogP contribution is 2.56. The fourth-order valence-corrected chi connectivity index (χ4v) is 4.74. The van der Waals surface area contributed by atoms with Gasteiger partial charge < -0.3 is 14.1 Å². The topological polar surface area (TPSA) is 59.8 Å². The molecule has 1 aliphatic carbocycles. The van der Waals surface area contributed by atoms with Crippen LogP contribution < -0.4 is 5.43 Å². The maximum atomic E-state index is 13.5. The summed E-state index contributed by atoms with van der Waals surface area (Å²) < 4.78 is 11.8. The Morgan fingerprint density at radius 2 is 1.94 bits per heavy atom. The third-order valence-electron chi connectivity index (χ3n) is 6.85. The Kier molecular flexibility index (Phi) is 7.32. The van der Waals surface area contributed by atoms with Crippen molar-refractivity contribution in [3.05, 3.63) is 93.4 Å². The molecule has 1 heterocycles. The van der Waals surface area contributed by atoms with Crippen molar-refractivity contribution in [1.82, 2.24) is 4.90 Å². The molecule has 5 nitrogen and oxygen atoms in total. The third kappa shape index (κ3) is 4.85. The Balaban J connectivity index is 1.61. The lowest BCUT2D eigenvalue weighted by Crippen LogP contribution is -2.27. The van der Waals surface area contributed by atoms with E-state index in [0.717, 1.165) is 25.3 Å². The lowest BCUT2D eigenvalue weighted by atomic mass is 9.99. The molecule has 0 bridgehead atoms. The van der Waals surface area contributed by atoms with Crippen LogP contribution in [0.15, 0.2) is 64.3 Å². The van der Waals surface area contributed by atoms with E-state index in [-0.39, 0.29) is 11.3 Å². The predicted molar refractivity (Wildman–Crippen MR) is 136 cm³/mol. The molecule has 2 unspecified atom stereocenters. The number of fused-ring (bicyclic) bond motifs is 1. The highest BCUT2D eigenvalue weighted by atomic mass is 16.5. The lowest BCUT2D eigenvalue weighted by molar-refractivity contribution is 0.0466. The highest BCUT2D eigenvalue weighted by Gasteiger charge is 2.44. The van der Waals surface area contributed by atoms with Crippen LogP contribution in [0.25, 0.3) is 11.0 Å². The number of aryl methyl sites for hydroxylation is 1. The van der Waals surface area contributed by atoms with Crippen LogP contribution in [0.4, 0.5) is 0 Å². The number of likely N-dealkylation sites (N-methyl/N-ethyl adjacent to an activating group) is 1. The quantitative estimate of drug-likeness (QED) is 0.292. The fraction of sp³-hybridized carbons (Fsp3) is 0.379. The first-order valence-electron chi connectivity index (χ1n) is 12.1. The minimum Gasteiger partial charge on any atom is -0.461 e. The van der Waals surface area contributed by atoms with Crippen LogP contribution in [-0.2, 0) is 11.2 Å². The SMILES string of the molecule is C=CCc1c(C2CC2c2ccccc2C)oc2ccc(C(=O)OCCN(CC)CC)cc2c1=O. The standard InChI is InChI=1S/C29H33NO4/c1-5-10-22-27(31)25-17-20(29(32)33-16-15-30(6-2)7-3)13-14-26(25)34-28(22)24-18-23(24)21-12-9-8-11-19(21)4/h5,8-9,11-14,17,23-24H,1,6-7,10,15-16,18H2,2-4H3. The molecule has 0 spiro atoms. The Bertz CT molecular complexity index is 1250. The summed E-state index contributed by atoms with van der Waals surface area (Å²) in [6, 6.07) is 13.4. The monoisotopic (exact) mass is 459 g/mol. The Morgan fingerprint density at radius 3 is 2.65 bits per heavy atom. The van der Waals surface area contributed by atoms with E-state index in [4.69, 9.17) is 9.15 Å². The highest BCUT2D eigenvalue weighted by molar-refractivity contribution is 5.94. The van der Waals surface area contributed by atoms with Gasteiger partial charge in [-0.3, -0.25) is 4.79 Å². The van der Waals surface area contributed by atoms with Crippen molar-refractivity contribution in [2.24, 2.45) is 0 Å². The van der Waals surface area contributed by atoms with Gasteiger partial charge in [-0.05, 0) is 68.1 Å². The zero-order valence-corrected chi connectivity index (χ0v) is 20.3. The van der Waals surface area contributed by atoms with Gasteiger partial charge in [-0.25, -0.2) is 4.79 Å². The summed E-state index contributed by atoms with van der Waals surface area (Å²) in [7, 11) is 0. The minimum absolute atomic E-state index is 0.0932. The summed E-state index contributed by atoms with van der Waals surface area (Å²) in [5.41, 5.74) is 3.97. The minimum atomic E-state index is -0.426. The van der Waals surface area contributed by atoms with Crippen LogP contribution >= 0.6 is 0 Å². The van der Waals surface area contributed by atoms with E-state index in [2.05, 4.69) is 50.4 Å². The van der Waals surface area contributed by atoms with Gasteiger partial charge in [-0.15, -0.1) is 6.58 Å². The van der Waals surface area contributed by atoms with Gasteiger partial charge in [-0.1, -0.05) is 44.2 Å². The number of rotatable bonds is 10. The molecule has 5 heteroatoms. The Hall–Kier alpha value is -3.18. The molecule has 1 saturated carbocycles. The van der Waals surface area contributed by atoms with E-state index in [0.29, 0.717) is 47.6 Å². The summed E-state index contributed by atoms with van der Waals surface area (Å²) in [4.78, 5) is 28.3. The number of carbonyl (C=O) groups is 1. The molecule has 4 rings (SSSR count). The molecular weight excluding hydrogens is 426 g/mol. The molecule has 0 N–H and O–H groups in total. The van der Waals surface area contributed by atoms with Gasteiger partial charge in [0.25, 0.3) is 0 Å². The third-order valence-corrected chi connectivity index (χ3v) is 6.85. The van der Waals surface area contributed by atoms with E-state index >= 15 is 0 Å². The zero-order valence-electron chi connectivity index (χ0n) is 20.3. The van der Waals surface area contributed by atoms with Gasteiger partial charge in [0.15, 0.2) is 5.43 Å². The van der Waals surface area contributed by atoms with Crippen molar-refractivity contribution >= 4 is 16.9 Å². The first-order chi connectivity index (χ1) is 16.5. The number of carbonyl (C=O) groups excluding carboxylic acids is 1. The number of hydrogen-bond acceptors (Lipinski definition) is 5. The van der Waals surface area contributed by atoms with Gasteiger partial charge in [0.1, 0.15) is 18.0 Å². The molecule has 0 saturated heterocycles. The van der Waals surface area contributed by atoms with E-state index in [1.54, 1.807) is 24.3 Å². The molecular formula is C29H33NO4. The van der Waals surface area contributed by atoms with E-state index in [9.17, 15) is 9.59 Å². The summed E-state index contributed by atoms with van der Waals surface area (Å²) in [5.74, 6) is 0.855. The largest absolute Gasteiger partial charge is 0.461 e. The van der Waals surface area contributed by atoms with Gasteiger partial charge in [-0.2, -0.15) is 0 Å². The Morgan fingerprint density at radius 1 is 1.18 bits per heavy atom. The van der Waals surface area contributed by atoms with Crippen molar-refractivity contribution < 1.29 is 13.9 Å². The molecule has 1 aromatic heterocycles. The van der Waals surface area contributed by atoms with E-state index in [1.807, 2.05) is 6.07 Å². The Labute approximate surface area is 201 Å². The number of hydrogen-bond donors (Lipinski definition) is 0. The second-order valence-electron chi connectivity index (χ2n) is 8.95. The summed E-state index contributed by atoms with van der Waals surface area (Å²) in [6.45, 7) is 12.9. The van der Waals surface area contributed by atoms with Crippen molar-refractivity contribution in [2.75, 3.05) is 26.2 Å². The van der Waals surface area contributed by atoms with Crippen LogP contribution in [-0.4, -0.2) is 37.1 Å². The molecule has 1 fully saturated rings. The average Bonchev–Trinajstić information content (AvgIpc) is 3.64. The van der Waals surface area contributed by atoms with Crippen molar-refractivity contribution in [2.45, 2.75) is 45.4 Å². The van der Waals surface area contributed by atoms with Gasteiger partial charge in [0, 0.05) is 18.0 Å². The average molecular weight is 460 g/mol. The molecule has 2 atom stereocenters. The molecule has 34 heavy (non-hydrogen) atoms. The van der Waals surface area contributed by atoms with E-state index < -0.39 is 5.97 Å². The van der Waals surface area contributed by atoms with E-state index in [1.165, 1.54) is 11.1 Å². The second-order valence-corrected chi connectivity index (χ2v) is 8.95. The van der Waals surface area contributed by atoms with Crippen LogP contribution in [0, 0.1) is 6.92 Å². The van der Waals surface area contributed by atoms with Crippen molar-refractivity contribution in [1.29, 1.82) is 0 Å². The summed E-state index contributed by atoms with van der Waals surface area (Å²) in [5, 5.41) is 0.409. The molecule has 1 aliphatic rings. The van der Waals surface area contributed by atoms with Gasteiger partial charge in [0.05, 0.1) is 10.9 Å². The van der Waals surface area contributed by atoms with Gasteiger partial charge >= 0.3 is 5.97 Å². The maximum absolute atomic E-state index is 13.5. The normalized spacial score (nSPS) is 17.2. The van der Waals surface area contributed by atoms with Crippen LogP contribution in [0.3, 0.4) is 0 Å². The maximum Gasteiger partial charge on any atom is 0.338 e. The summed E-state index contributed by atoms with van der Waals surface area (Å²) in [6.07, 6.45) is 3.13. The smallest absolute Gasteiger partial charge is 0.338 e. The number of allylic oxidation sites excluding steroid dienone is 1. The molecule has 3 aromatic rings. The molecule has 0 radical (unpaired) electrons. The zero-order chi connectivity index (χ0) is 24.2. The molecule has 0 aliphatic heterocycles. The second kappa shape index (κ2) is 10.4. The van der Waals surface area contributed by atoms with Crippen molar-refractivity contribution in [3.63, 3.8) is 0 Å². The van der Waals surface area contributed by atoms with Gasteiger partial charge in [0.2, 0.25) is 0 Å². The lowest BCUT2D eigenvalue weighted by Gasteiger charge is -2.17. The molecule has 0 amide bonds.